The second-order valence-electron chi connectivity index (χ2n) is 9.64. The first kappa shape index (κ1) is 24.2. The van der Waals surface area contributed by atoms with Crippen LogP contribution in [0.15, 0.2) is 91.0 Å². The number of hydrogen-bond acceptors (Lipinski definition) is 4. The normalized spacial score (nSPS) is 22.6. The molecule has 1 amide bonds. The van der Waals surface area contributed by atoms with Crippen molar-refractivity contribution in [1.29, 1.82) is 0 Å². The lowest BCUT2D eigenvalue weighted by Crippen LogP contribution is -2.52. The van der Waals surface area contributed by atoms with Crippen LogP contribution in [0.5, 0.6) is 0 Å². The van der Waals surface area contributed by atoms with Crippen molar-refractivity contribution in [3.63, 3.8) is 0 Å². The Labute approximate surface area is 212 Å². The Kier molecular flexibility index (Phi) is 7.44. The van der Waals surface area contributed by atoms with Crippen LogP contribution in [-0.2, 0) is 20.7 Å². The molecular formula is C30H32N2O4. The van der Waals surface area contributed by atoms with Crippen LogP contribution in [0, 0.1) is 0 Å². The highest BCUT2D eigenvalue weighted by molar-refractivity contribution is 5.91. The molecule has 2 heterocycles. The first-order valence-electron chi connectivity index (χ1n) is 12.6. The molecule has 3 aromatic rings. The molecule has 2 saturated heterocycles. The standard InChI is InChI=1S/C30H32N2O4/c33-29(28(23-12-6-2-7-13-23)24-14-8-3-9-15-24)32-20-25(19-27(32)30(34)35)31-16-17-36-21-26(31)18-22-10-4-1-5-11-22/h1-15,25-28H,16-21H2,(H,34,35)/t25-,26-,27-/m0/s1. The Hall–Kier alpha value is -3.48. The topological polar surface area (TPSA) is 70.1 Å². The minimum Gasteiger partial charge on any atom is -0.480 e. The van der Waals surface area contributed by atoms with Crippen molar-refractivity contribution in [3.8, 4) is 0 Å². The SMILES string of the molecule is O=C(O)[C@@H]1C[C@H](N2CCOC[C@@H]2Cc2ccccc2)CN1C(=O)C(c1ccccc1)c1ccccc1. The Balaban J connectivity index is 1.41. The lowest BCUT2D eigenvalue weighted by molar-refractivity contribution is -0.148. The highest BCUT2D eigenvalue weighted by Gasteiger charge is 2.45. The van der Waals surface area contributed by atoms with Gasteiger partial charge in [-0.25, -0.2) is 4.79 Å². The highest BCUT2D eigenvalue weighted by Crippen LogP contribution is 2.33. The monoisotopic (exact) mass is 484 g/mol. The van der Waals surface area contributed by atoms with E-state index in [0.717, 1.165) is 24.1 Å². The Morgan fingerprint density at radius 1 is 0.889 bits per heavy atom. The van der Waals surface area contributed by atoms with Gasteiger partial charge in [0.1, 0.15) is 6.04 Å². The molecule has 3 aromatic carbocycles. The second-order valence-corrected chi connectivity index (χ2v) is 9.64. The molecule has 0 unspecified atom stereocenters. The lowest BCUT2D eigenvalue weighted by atomic mass is 9.90. The molecule has 0 aromatic heterocycles. The summed E-state index contributed by atoms with van der Waals surface area (Å²) in [6.45, 7) is 2.35. The van der Waals surface area contributed by atoms with Crippen LogP contribution >= 0.6 is 0 Å². The van der Waals surface area contributed by atoms with Gasteiger partial charge in [0, 0.05) is 25.2 Å². The van der Waals surface area contributed by atoms with Gasteiger partial charge in [-0.2, -0.15) is 0 Å². The van der Waals surface area contributed by atoms with E-state index in [1.54, 1.807) is 4.90 Å². The number of nitrogens with zero attached hydrogens (tertiary/aromatic N) is 2. The van der Waals surface area contributed by atoms with E-state index in [9.17, 15) is 14.7 Å². The number of carbonyl (C=O) groups is 2. The van der Waals surface area contributed by atoms with Gasteiger partial charge < -0.3 is 14.7 Å². The summed E-state index contributed by atoms with van der Waals surface area (Å²) >= 11 is 0. The summed E-state index contributed by atoms with van der Waals surface area (Å²) < 4.78 is 5.81. The van der Waals surface area contributed by atoms with Gasteiger partial charge in [-0.1, -0.05) is 91.0 Å². The number of aliphatic carboxylic acids is 1. The van der Waals surface area contributed by atoms with Crippen molar-refractivity contribution in [1.82, 2.24) is 9.80 Å². The van der Waals surface area contributed by atoms with Crippen molar-refractivity contribution >= 4 is 11.9 Å². The second kappa shape index (κ2) is 11.1. The van der Waals surface area contributed by atoms with E-state index < -0.39 is 17.9 Å². The number of benzene rings is 3. The van der Waals surface area contributed by atoms with Gasteiger partial charge in [-0.05, 0) is 29.5 Å². The van der Waals surface area contributed by atoms with E-state index in [1.807, 2.05) is 78.9 Å². The first-order chi connectivity index (χ1) is 17.6. The van der Waals surface area contributed by atoms with Crippen molar-refractivity contribution in [2.45, 2.75) is 36.9 Å². The molecule has 2 fully saturated rings. The molecule has 0 aliphatic carbocycles. The predicted octanol–water partition coefficient (Wildman–Crippen LogP) is 3.82. The minimum absolute atomic E-state index is 0.0279. The van der Waals surface area contributed by atoms with Crippen molar-refractivity contribution < 1.29 is 19.4 Å². The number of morpholine rings is 1. The molecule has 0 bridgehead atoms. The zero-order valence-electron chi connectivity index (χ0n) is 20.3. The molecule has 0 spiro atoms. The third-order valence-corrected chi connectivity index (χ3v) is 7.42. The summed E-state index contributed by atoms with van der Waals surface area (Å²) in [5.74, 6) is -1.65. The number of carbonyl (C=O) groups excluding carboxylic acids is 1. The fourth-order valence-corrected chi connectivity index (χ4v) is 5.68. The van der Waals surface area contributed by atoms with Crippen molar-refractivity contribution in [2.75, 3.05) is 26.3 Å². The van der Waals surface area contributed by atoms with E-state index in [4.69, 9.17) is 4.74 Å². The molecule has 6 nitrogen and oxygen atoms in total. The molecular weight excluding hydrogens is 452 g/mol. The maximum Gasteiger partial charge on any atom is 0.326 e. The van der Waals surface area contributed by atoms with Gasteiger partial charge in [0.2, 0.25) is 5.91 Å². The van der Waals surface area contributed by atoms with Gasteiger partial charge in [0.05, 0.1) is 19.1 Å². The minimum atomic E-state index is -0.946. The van der Waals surface area contributed by atoms with Gasteiger partial charge in [0.25, 0.3) is 0 Å². The van der Waals surface area contributed by atoms with E-state index in [2.05, 4.69) is 17.0 Å². The maximum atomic E-state index is 14.1. The highest BCUT2D eigenvalue weighted by atomic mass is 16.5. The lowest BCUT2D eigenvalue weighted by Gasteiger charge is -2.39. The summed E-state index contributed by atoms with van der Waals surface area (Å²) in [7, 11) is 0. The molecule has 5 rings (SSSR count). The molecule has 3 atom stereocenters. The fraction of sp³-hybridized carbons (Fsp3) is 0.333. The Morgan fingerprint density at radius 2 is 1.47 bits per heavy atom. The summed E-state index contributed by atoms with van der Waals surface area (Å²) in [5.41, 5.74) is 2.97. The van der Waals surface area contributed by atoms with Crippen molar-refractivity contribution in [3.05, 3.63) is 108 Å². The maximum absolute atomic E-state index is 14.1. The number of hydrogen-bond donors (Lipinski definition) is 1. The van der Waals surface area contributed by atoms with E-state index >= 15 is 0 Å². The molecule has 2 aliphatic heterocycles. The third-order valence-electron chi connectivity index (χ3n) is 7.42. The van der Waals surface area contributed by atoms with E-state index in [-0.39, 0.29) is 18.0 Å². The number of amides is 1. The number of carboxylic acids is 1. The smallest absolute Gasteiger partial charge is 0.326 e. The average molecular weight is 485 g/mol. The molecule has 0 radical (unpaired) electrons. The van der Waals surface area contributed by atoms with Crippen molar-refractivity contribution in [2.24, 2.45) is 0 Å². The van der Waals surface area contributed by atoms with Crippen LogP contribution in [0.2, 0.25) is 0 Å². The van der Waals surface area contributed by atoms with Gasteiger partial charge in [-0.3, -0.25) is 9.69 Å². The third kappa shape index (κ3) is 5.20. The Morgan fingerprint density at radius 3 is 2.06 bits per heavy atom. The van der Waals surface area contributed by atoms with Gasteiger partial charge >= 0.3 is 5.97 Å². The largest absolute Gasteiger partial charge is 0.480 e. The zero-order valence-corrected chi connectivity index (χ0v) is 20.3. The summed E-state index contributed by atoms with van der Waals surface area (Å²) in [6.07, 6.45) is 1.25. The van der Waals surface area contributed by atoms with Crippen LogP contribution in [0.25, 0.3) is 0 Å². The fourth-order valence-electron chi connectivity index (χ4n) is 5.68. The quantitative estimate of drug-likeness (QED) is 0.552. The number of rotatable bonds is 7. The number of carboxylic acid groups (broad SMARTS) is 1. The summed E-state index contributed by atoms with van der Waals surface area (Å²) in [4.78, 5) is 30.4. The van der Waals surface area contributed by atoms with Gasteiger partial charge in [0.15, 0.2) is 0 Å². The first-order valence-corrected chi connectivity index (χ1v) is 12.6. The molecule has 1 N–H and O–H groups in total. The zero-order chi connectivity index (χ0) is 24.9. The number of ether oxygens (including phenoxy) is 1. The number of likely N-dealkylation sites (tertiary alicyclic amines) is 1. The summed E-state index contributed by atoms with van der Waals surface area (Å²) in [6, 6.07) is 28.9. The molecule has 186 valence electrons. The van der Waals surface area contributed by atoms with Crippen LogP contribution in [0.4, 0.5) is 0 Å². The predicted molar refractivity (Wildman–Crippen MR) is 138 cm³/mol. The van der Waals surface area contributed by atoms with Gasteiger partial charge in [-0.15, -0.1) is 0 Å². The molecule has 36 heavy (non-hydrogen) atoms. The average Bonchev–Trinajstić information content (AvgIpc) is 3.37. The molecule has 6 heteroatoms. The van der Waals surface area contributed by atoms with Crippen LogP contribution in [0.1, 0.15) is 29.0 Å². The van der Waals surface area contributed by atoms with E-state index in [1.165, 1.54) is 5.56 Å². The Bertz CT molecular complexity index is 1120. The van der Waals surface area contributed by atoms with Crippen LogP contribution < -0.4 is 0 Å². The molecule has 0 saturated carbocycles. The summed E-state index contributed by atoms with van der Waals surface area (Å²) in [5, 5.41) is 10.1. The van der Waals surface area contributed by atoms with Crippen LogP contribution in [0.3, 0.4) is 0 Å². The molecule has 2 aliphatic rings. The van der Waals surface area contributed by atoms with Crippen LogP contribution in [-0.4, -0.2) is 71.2 Å². The van der Waals surface area contributed by atoms with E-state index in [0.29, 0.717) is 26.2 Å².